The number of carboxylic acid groups (broad SMARTS) is 1. The van der Waals surface area contributed by atoms with Gasteiger partial charge in [0, 0.05) is 11.9 Å². The second-order valence-corrected chi connectivity index (χ2v) is 19.5. The van der Waals surface area contributed by atoms with E-state index in [4.69, 9.17) is 39.5 Å². The van der Waals surface area contributed by atoms with Crippen molar-refractivity contribution in [2.75, 3.05) is 43.2 Å². The van der Waals surface area contributed by atoms with E-state index in [1.807, 2.05) is 0 Å². The summed E-state index contributed by atoms with van der Waals surface area (Å²) in [5, 5.41) is 46.2. The number of aromatic nitrogens is 6. The molecule has 30 nitrogen and oxygen atoms in total. The molecule has 2 fully saturated rings. The molecule has 11 atom stereocenters. The summed E-state index contributed by atoms with van der Waals surface area (Å²) < 4.78 is 117. The Morgan fingerprint density at radius 2 is 1.52 bits per heavy atom. The van der Waals surface area contributed by atoms with Gasteiger partial charge in [-0.3, -0.25) is 32.4 Å². The van der Waals surface area contributed by atoms with Crippen molar-refractivity contribution in [3.05, 3.63) is 101 Å². The number of halogens is 4. The fraction of sp³-hybridized carbons (Fsp3) is 0.415. The highest BCUT2D eigenvalue weighted by Crippen LogP contribution is 2.50. The molecule has 2 saturated heterocycles. The van der Waals surface area contributed by atoms with E-state index < -0.39 is 145 Å². The van der Waals surface area contributed by atoms with E-state index in [-0.39, 0.29) is 45.4 Å². The maximum atomic E-state index is 14.4. The first-order chi connectivity index (χ1) is 36.2. The lowest BCUT2D eigenvalue weighted by atomic mass is 10.0. The molecule has 3 aromatic heterocycles. The Balaban J connectivity index is 1.18. The number of aliphatic hydroxyl groups excluding tert-OH is 3. The first-order valence-electron chi connectivity index (χ1n) is 22.1. The molecule has 2 aliphatic heterocycles. The number of hydrogen-bond donors (Lipinski definition) is 10. The van der Waals surface area contributed by atoms with Crippen molar-refractivity contribution in [1.82, 2.24) is 34.0 Å². The van der Waals surface area contributed by atoms with Crippen LogP contribution in [-0.4, -0.2) is 168 Å². The Hall–Kier alpha value is -6.62. The number of benzene rings is 2. The second-order valence-electron chi connectivity index (χ2n) is 16.8. The van der Waals surface area contributed by atoms with Gasteiger partial charge in [-0.1, -0.05) is 24.3 Å². The van der Waals surface area contributed by atoms with Crippen LogP contribution < -0.4 is 22.5 Å². The zero-order valence-electron chi connectivity index (χ0n) is 39.1. The van der Waals surface area contributed by atoms with Gasteiger partial charge in [-0.25, -0.2) is 42.9 Å². The molecule has 5 aromatic rings. The van der Waals surface area contributed by atoms with Crippen molar-refractivity contribution in [2.24, 2.45) is 0 Å². The molecule has 418 valence electrons. The number of alkyl halides is 3. The number of imidazole rings is 1. The molecule has 77 heavy (non-hydrogen) atoms. The number of hydrogen-bond acceptors (Lipinski definition) is 22. The van der Waals surface area contributed by atoms with Crippen LogP contribution in [0.15, 0.2) is 78.2 Å². The predicted molar refractivity (Wildman–Crippen MR) is 246 cm³/mol. The number of nitrogens with zero attached hydrogens (tertiary/aromatic N) is 7. The van der Waals surface area contributed by atoms with Crippen LogP contribution in [0.2, 0.25) is 0 Å². The summed E-state index contributed by atoms with van der Waals surface area (Å²) in [6.45, 7) is -6.14. The summed E-state index contributed by atoms with van der Waals surface area (Å²) in [4.78, 5) is 98.5. The van der Waals surface area contributed by atoms with Gasteiger partial charge in [0.2, 0.25) is 5.91 Å². The lowest BCUT2D eigenvalue weighted by Gasteiger charge is -2.36. The molecular weight excluding hydrogens is 1090 g/mol. The Bertz CT molecular complexity index is 3070. The average Bonchev–Trinajstić information content (AvgIpc) is 4.02. The Kier molecular flexibility index (Phi) is 18.1. The van der Waals surface area contributed by atoms with Crippen LogP contribution in [0.1, 0.15) is 23.6 Å². The topological polar surface area (TPSA) is 437 Å². The predicted octanol–water partition coefficient (Wildman–Crippen LogP) is 0.0964. The number of rotatable bonds is 22. The second kappa shape index (κ2) is 24.0. The molecule has 0 bridgehead atoms. The van der Waals surface area contributed by atoms with Crippen LogP contribution in [0.5, 0.6) is 0 Å². The highest BCUT2D eigenvalue weighted by molar-refractivity contribution is 7.47. The number of amides is 2. The summed E-state index contributed by atoms with van der Waals surface area (Å²) in [5.74, 6) is -3.48. The third kappa shape index (κ3) is 14.5. The molecule has 2 aromatic carbocycles. The fourth-order valence-electron chi connectivity index (χ4n) is 7.86. The molecule has 0 saturated carbocycles. The molecule has 5 heterocycles. The molecule has 6 unspecified atom stereocenters. The number of phosphoric acid groups is 2. The maximum absolute atomic E-state index is 14.4. The quantitative estimate of drug-likeness (QED) is 0.0324. The standard InChI is InChI=1S/C41H46F4N10O20P2/c42-21-5-1-19(2-6-21)11-28(57)51-22-7-3-20(4-8-22)12-70-40(63)55(23(38(60)61)13-69-16-26(56)41(43,44)45)30-24(73-36(31(30)58)54-18-50-29-34(47)48-17-49-35(29)54)14-72-77(67,68)75-33-25(15-71-76(64,65)66)74-37(32(33)59)53-10-9-27(46)52-39(53)62/h1-10,17-18,23-26,30-33,36-37,56,58-59H,11-16H2,(H,51,57)(H,60,61)(H,67,68)(H2,46,52,62)(H2,47,48,49)(H2,64,65,66)/t23-,24?,25-,26?,30?,31?,32-,33-,36?,37-/m1/s1. The minimum absolute atomic E-state index is 0.0764. The lowest BCUT2D eigenvalue weighted by Crippen LogP contribution is -2.59. The smallest absolute Gasteiger partial charge is 0.472 e. The molecule has 36 heteroatoms. The van der Waals surface area contributed by atoms with Gasteiger partial charge in [-0.05, 0) is 41.5 Å². The highest BCUT2D eigenvalue weighted by Gasteiger charge is 2.55. The largest absolute Gasteiger partial charge is 0.480 e. The van der Waals surface area contributed by atoms with Gasteiger partial charge < -0.3 is 70.8 Å². The van der Waals surface area contributed by atoms with Gasteiger partial charge in [0.25, 0.3) is 0 Å². The van der Waals surface area contributed by atoms with Gasteiger partial charge in [-0.2, -0.15) is 18.2 Å². The number of fused-ring (bicyclic) bond motifs is 1. The lowest BCUT2D eigenvalue weighted by molar-refractivity contribution is -0.218. The summed E-state index contributed by atoms with van der Waals surface area (Å²) in [6, 6.07) is 7.10. The van der Waals surface area contributed by atoms with Crippen molar-refractivity contribution in [3.8, 4) is 0 Å². The van der Waals surface area contributed by atoms with E-state index in [1.165, 1.54) is 48.5 Å². The zero-order chi connectivity index (χ0) is 56.1. The molecule has 7 rings (SSSR count). The van der Waals surface area contributed by atoms with Crippen LogP contribution in [0.3, 0.4) is 0 Å². The van der Waals surface area contributed by atoms with Crippen molar-refractivity contribution in [3.63, 3.8) is 0 Å². The summed E-state index contributed by atoms with van der Waals surface area (Å²) in [7, 11) is -11.1. The van der Waals surface area contributed by atoms with Crippen molar-refractivity contribution < 1.29 is 109 Å². The number of nitrogen functional groups attached to an aromatic ring is 2. The van der Waals surface area contributed by atoms with E-state index in [0.29, 0.717) is 10.1 Å². The molecule has 0 radical (unpaired) electrons. The number of aliphatic carboxylic acids is 1. The monoisotopic (exact) mass is 1140 g/mol. The minimum atomic E-state index is -5.75. The summed E-state index contributed by atoms with van der Waals surface area (Å²) in [5.41, 5.74) is 11.0. The Labute approximate surface area is 428 Å². The number of nitrogens with two attached hydrogens (primary N) is 2. The van der Waals surface area contributed by atoms with E-state index in [0.717, 1.165) is 29.5 Å². The number of carboxylic acids is 1. The van der Waals surface area contributed by atoms with Gasteiger partial charge in [0.1, 0.15) is 60.6 Å². The third-order valence-corrected chi connectivity index (χ3v) is 12.9. The Morgan fingerprint density at radius 1 is 0.870 bits per heavy atom. The minimum Gasteiger partial charge on any atom is -0.480 e. The molecular formula is C41H46F4N10O20P2. The van der Waals surface area contributed by atoms with Crippen LogP contribution >= 0.6 is 15.6 Å². The van der Waals surface area contributed by atoms with E-state index in [2.05, 4.69) is 29.8 Å². The van der Waals surface area contributed by atoms with Crippen molar-refractivity contribution >= 4 is 62.1 Å². The molecule has 12 N–H and O–H groups in total. The van der Waals surface area contributed by atoms with Gasteiger partial charge in [-0.15, -0.1) is 0 Å². The number of carbonyl (C=O) groups is 3. The van der Waals surface area contributed by atoms with Crippen molar-refractivity contribution in [1.29, 1.82) is 0 Å². The fourth-order valence-corrected chi connectivity index (χ4v) is 9.17. The van der Waals surface area contributed by atoms with Gasteiger partial charge in [0.15, 0.2) is 36.1 Å². The van der Waals surface area contributed by atoms with Crippen LogP contribution in [0, 0.1) is 5.82 Å². The number of phosphoric ester groups is 2. The van der Waals surface area contributed by atoms with Crippen molar-refractivity contribution in [2.45, 2.75) is 80.4 Å². The number of carbonyl (C=O) groups excluding carboxylic acids is 2. The first kappa shape index (κ1) is 58.1. The van der Waals surface area contributed by atoms with Gasteiger partial charge in [0.05, 0.1) is 45.2 Å². The highest BCUT2D eigenvalue weighted by atomic mass is 31.2. The molecule has 2 aliphatic rings. The molecule has 0 aliphatic carbocycles. The average molecular weight is 1140 g/mol. The van der Waals surface area contributed by atoms with E-state index in [1.54, 1.807) is 0 Å². The normalized spacial score (nSPS) is 23.3. The Morgan fingerprint density at radius 3 is 2.17 bits per heavy atom. The summed E-state index contributed by atoms with van der Waals surface area (Å²) >= 11 is 0. The number of ether oxygens (including phenoxy) is 4. The zero-order valence-corrected chi connectivity index (χ0v) is 40.9. The summed E-state index contributed by atoms with van der Waals surface area (Å²) in [6.07, 6.45) is -21.4. The number of anilines is 3. The van der Waals surface area contributed by atoms with Gasteiger partial charge >= 0.3 is 39.6 Å². The maximum Gasteiger partial charge on any atom is 0.472 e. The molecule has 2 amide bonds. The number of aliphatic hydroxyl groups is 3. The van der Waals surface area contributed by atoms with Crippen LogP contribution in [0.4, 0.5) is 39.7 Å². The van der Waals surface area contributed by atoms with Crippen LogP contribution in [-0.2, 0) is 64.3 Å². The van der Waals surface area contributed by atoms with Crippen LogP contribution in [0.25, 0.3) is 11.2 Å². The third-order valence-electron chi connectivity index (χ3n) is 11.5. The van der Waals surface area contributed by atoms with E-state index in [9.17, 15) is 81.0 Å². The SMILES string of the molecule is Nc1ccn([C@@H]2O[C@H](COP(=O)(O)O)[C@@H](OP(=O)(O)OCC3OC(n4cnc5c(N)ncnc54)C(O)C3N(C(=O)OCc3ccc(NC(=O)Cc4ccc(F)cc4)cc3)[C@H](COCC(O)C(F)(F)F)C(=O)O)[C@H]2O)c(=O)n1. The van der Waals surface area contributed by atoms with E-state index >= 15 is 0 Å². The molecule has 0 spiro atoms. The first-order valence-corrected chi connectivity index (χ1v) is 25.2. The number of nitrogens with one attached hydrogen (secondary N) is 1.